The van der Waals surface area contributed by atoms with Gasteiger partial charge in [-0.1, -0.05) is 13.8 Å². The van der Waals surface area contributed by atoms with Gasteiger partial charge in [0.15, 0.2) is 0 Å². The zero-order valence-corrected chi connectivity index (χ0v) is 10.6. The van der Waals surface area contributed by atoms with Gasteiger partial charge in [-0.3, -0.25) is 4.79 Å². The third-order valence-electron chi connectivity index (χ3n) is 2.57. The standard InChI is InChI=1S/C12H22O2S/c1-10(2)8-15-9-12(13)7-11-3-5-14-6-4-11/h10-11H,3-9H2,1-2H3. The van der Waals surface area contributed by atoms with Gasteiger partial charge >= 0.3 is 0 Å². The maximum atomic E-state index is 11.6. The highest BCUT2D eigenvalue weighted by atomic mass is 32.2. The third-order valence-corrected chi connectivity index (χ3v) is 4.00. The maximum Gasteiger partial charge on any atom is 0.143 e. The Morgan fingerprint density at radius 1 is 1.40 bits per heavy atom. The molecule has 15 heavy (non-hydrogen) atoms. The molecule has 0 atom stereocenters. The molecule has 1 saturated heterocycles. The second-order valence-electron chi connectivity index (χ2n) is 4.71. The van der Waals surface area contributed by atoms with Crippen molar-refractivity contribution in [2.75, 3.05) is 24.7 Å². The van der Waals surface area contributed by atoms with Crippen molar-refractivity contribution in [2.24, 2.45) is 11.8 Å². The number of hydrogen-bond donors (Lipinski definition) is 0. The number of hydrogen-bond acceptors (Lipinski definition) is 3. The minimum Gasteiger partial charge on any atom is -0.381 e. The lowest BCUT2D eigenvalue weighted by Crippen LogP contribution is -2.19. The van der Waals surface area contributed by atoms with Crippen molar-refractivity contribution in [3.63, 3.8) is 0 Å². The lowest BCUT2D eigenvalue weighted by Gasteiger charge is -2.21. The number of ketones is 1. The summed E-state index contributed by atoms with van der Waals surface area (Å²) in [4.78, 5) is 11.6. The van der Waals surface area contributed by atoms with Crippen LogP contribution in [0.25, 0.3) is 0 Å². The summed E-state index contributed by atoms with van der Waals surface area (Å²) >= 11 is 1.78. The fraction of sp³-hybridized carbons (Fsp3) is 0.917. The van der Waals surface area contributed by atoms with Crippen LogP contribution in [0.2, 0.25) is 0 Å². The van der Waals surface area contributed by atoms with Crippen LogP contribution in [0.4, 0.5) is 0 Å². The van der Waals surface area contributed by atoms with Gasteiger partial charge in [-0.05, 0) is 30.4 Å². The van der Waals surface area contributed by atoms with Crippen molar-refractivity contribution in [2.45, 2.75) is 33.1 Å². The molecule has 1 fully saturated rings. The Kier molecular flexibility index (Phi) is 6.34. The topological polar surface area (TPSA) is 26.3 Å². The summed E-state index contributed by atoms with van der Waals surface area (Å²) in [7, 11) is 0. The van der Waals surface area contributed by atoms with E-state index in [0.29, 0.717) is 23.4 Å². The zero-order chi connectivity index (χ0) is 11.1. The van der Waals surface area contributed by atoms with Crippen LogP contribution in [-0.2, 0) is 9.53 Å². The van der Waals surface area contributed by atoms with Crippen molar-refractivity contribution in [3.05, 3.63) is 0 Å². The van der Waals surface area contributed by atoms with E-state index < -0.39 is 0 Å². The van der Waals surface area contributed by atoms with Crippen molar-refractivity contribution < 1.29 is 9.53 Å². The molecule has 0 unspecified atom stereocenters. The van der Waals surface area contributed by atoms with Gasteiger partial charge in [0.2, 0.25) is 0 Å². The van der Waals surface area contributed by atoms with E-state index in [2.05, 4.69) is 13.8 Å². The number of rotatable bonds is 6. The van der Waals surface area contributed by atoms with Gasteiger partial charge in [0.1, 0.15) is 5.78 Å². The second-order valence-corrected chi connectivity index (χ2v) is 5.74. The van der Waals surface area contributed by atoms with Gasteiger partial charge in [-0.2, -0.15) is 11.8 Å². The van der Waals surface area contributed by atoms with Crippen LogP contribution in [0.15, 0.2) is 0 Å². The molecule has 0 aliphatic carbocycles. The molecule has 0 N–H and O–H groups in total. The number of carbonyl (C=O) groups is 1. The van der Waals surface area contributed by atoms with Crippen LogP contribution < -0.4 is 0 Å². The number of Topliss-reactive ketones (excluding diaryl/α,β-unsaturated/α-hetero) is 1. The van der Waals surface area contributed by atoms with Crippen LogP contribution in [0, 0.1) is 11.8 Å². The normalized spacial score (nSPS) is 18.3. The Morgan fingerprint density at radius 3 is 2.67 bits per heavy atom. The molecule has 0 aromatic rings. The number of thioether (sulfide) groups is 1. The first-order chi connectivity index (χ1) is 7.18. The third kappa shape index (κ3) is 6.21. The summed E-state index contributed by atoms with van der Waals surface area (Å²) in [5, 5.41) is 0. The molecular formula is C12H22O2S. The van der Waals surface area contributed by atoms with E-state index >= 15 is 0 Å². The van der Waals surface area contributed by atoms with Crippen LogP contribution >= 0.6 is 11.8 Å². The van der Waals surface area contributed by atoms with E-state index in [9.17, 15) is 4.79 Å². The largest absolute Gasteiger partial charge is 0.381 e. The maximum absolute atomic E-state index is 11.6. The molecule has 0 amide bonds. The van der Waals surface area contributed by atoms with Crippen molar-refractivity contribution >= 4 is 17.5 Å². The molecule has 1 rings (SSSR count). The minimum atomic E-state index is 0.424. The molecule has 0 bridgehead atoms. The smallest absolute Gasteiger partial charge is 0.143 e. The monoisotopic (exact) mass is 230 g/mol. The molecule has 88 valence electrons. The first-order valence-corrected chi connectivity index (χ1v) is 7.01. The van der Waals surface area contributed by atoms with Gasteiger partial charge < -0.3 is 4.74 Å². The number of ether oxygens (including phenoxy) is 1. The Labute approximate surface area is 97.1 Å². The molecule has 0 spiro atoms. The molecule has 0 aromatic carbocycles. The molecule has 1 aliphatic heterocycles. The molecule has 0 saturated carbocycles. The first-order valence-electron chi connectivity index (χ1n) is 5.85. The minimum absolute atomic E-state index is 0.424. The van der Waals surface area contributed by atoms with Crippen molar-refractivity contribution in [1.29, 1.82) is 0 Å². The van der Waals surface area contributed by atoms with E-state index in [1.165, 1.54) is 0 Å². The second kappa shape index (κ2) is 7.29. The summed E-state index contributed by atoms with van der Waals surface area (Å²) in [6, 6.07) is 0. The fourth-order valence-corrected chi connectivity index (χ4v) is 2.67. The van der Waals surface area contributed by atoms with E-state index in [1.807, 2.05) is 0 Å². The van der Waals surface area contributed by atoms with Crippen LogP contribution in [0.3, 0.4) is 0 Å². The summed E-state index contributed by atoms with van der Waals surface area (Å²) in [5.74, 6) is 3.50. The zero-order valence-electron chi connectivity index (χ0n) is 9.83. The molecule has 1 aliphatic rings. The molecular weight excluding hydrogens is 208 g/mol. The van der Waals surface area contributed by atoms with Crippen molar-refractivity contribution in [1.82, 2.24) is 0 Å². The van der Waals surface area contributed by atoms with Crippen LogP contribution in [0.1, 0.15) is 33.1 Å². The molecule has 1 heterocycles. The average Bonchev–Trinajstić information content (AvgIpc) is 2.18. The van der Waals surface area contributed by atoms with Crippen LogP contribution in [-0.4, -0.2) is 30.5 Å². The Hall–Kier alpha value is -0.0200. The molecule has 0 aromatic heterocycles. The summed E-state index contributed by atoms with van der Waals surface area (Å²) < 4.78 is 5.28. The predicted molar refractivity (Wildman–Crippen MR) is 65.3 cm³/mol. The molecule has 2 nitrogen and oxygen atoms in total. The van der Waals surface area contributed by atoms with Crippen molar-refractivity contribution in [3.8, 4) is 0 Å². The highest BCUT2D eigenvalue weighted by Crippen LogP contribution is 2.20. The van der Waals surface area contributed by atoms with Gasteiger partial charge in [0.05, 0.1) is 5.75 Å². The molecule has 0 radical (unpaired) electrons. The Balaban J connectivity index is 2.06. The van der Waals surface area contributed by atoms with E-state index in [-0.39, 0.29) is 0 Å². The molecule has 3 heteroatoms. The van der Waals surface area contributed by atoms with Gasteiger partial charge in [-0.15, -0.1) is 0 Å². The predicted octanol–water partition coefficient (Wildman–Crippen LogP) is 2.76. The quantitative estimate of drug-likeness (QED) is 0.702. The van der Waals surface area contributed by atoms with Gasteiger partial charge in [-0.25, -0.2) is 0 Å². The van der Waals surface area contributed by atoms with Gasteiger partial charge in [0, 0.05) is 19.6 Å². The number of carbonyl (C=O) groups excluding carboxylic acids is 1. The Morgan fingerprint density at radius 2 is 2.07 bits per heavy atom. The lowest BCUT2D eigenvalue weighted by atomic mass is 9.95. The average molecular weight is 230 g/mol. The van der Waals surface area contributed by atoms with Gasteiger partial charge in [0.25, 0.3) is 0 Å². The highest BCUT2D eigenvalue weighted by molar-refractivity contribution is 7.99. The summed E-state index contributed by atoms with van der Waals surface area (Å²) in [5.41, 5.74) is 0. The fourth-order valence-electron chi connectivity index (χ4n) is 1.74. The van der Waals surface area contributed by atoms with Crippen LogP contribution in [0.5, 0.6) is 0 Å². The SMILES string of the molecule is CC(C)CSCC(=O)CC1CCOCC1. The van der Waals surface area contributed by atoms with E-state index in [0.717, 1.165) is 38.2 Å². The highest BCUT2D eigenvalue weighted by Gasteiger charge is 2.17. The Bertz CT molecular complexity index is 186. The first kappa shape index (κ1) is 13.0. The van der Waals surface area contributed by atoms with E-state index in [4.69, 9.17) is 4.74 Å². The lowest BCUT2D eigenvalue weighted by molar-refractivity contribution is -0.118. The summed E-state index contributed by atoms with van der Waals surface area (Å²) in [6.45, 7) is 6.07. The van der Waals surface area contributed by atoms with E-state index in [1.54, 1.807) is 11.8 Å². The summed E-state index contributed by atoms with van der Waals surface area (Å²) in [6.07, 6.45) is 2.91.